The van der Waals surface area contributed by atoms with Crippen molar-refractivity contribution in [2.75, 3.05) is 13.7 Å². The fraction of sp³-hybridized carbons (Fsp3) is 0.714. The molecule has 6 aliphatic rings. The van der Waals surface area contributed by atoms with Crippen molar-refractivity contribution >= 4 is 0 Å². The molecule has 2 nitrogen and oxygen atoms in total. The Bertz CT molecular complexity index is 910. The normalized spacial score (nSPS) is 48.9. The average Bonchev–Trinajstić information content (AvgIpc) is 3.65. The fourth-order valence-corrected chi connectivity index (χ4v) is 7.89. The van der Waals surface area contributed by atoms with E-state index < -0.39 is 6.17 Å². The van der Waals surface area contributed by atoms with Crippen LogP contribution < -0.4 is 0 Å². The van der Waals surface area contributed by atoms with Crippen molar-refractivity contribution < 1.29 is 13.9 Å². The van der Waals surface area contributed by atoms with Crippen LogP contribution >= 0.6 is 0 Å². The molecule has 0 aromatic carbocycles. The van der Waals surface area contributed by atoms with Crippen LogP contribution in [-0.2, 0) is 9.47 Å². The Labute approximate surface area is 186 Å². The maximum atomic E-state index is 14.5. The molecule has 1 aliphatic heterocycles. The van der Waals surface area contributed by atoms with Crippen molar-refractivity contribution in [2.24, 2.45) is 35.0 Å². The summed E-state index contributed by atoms with van der Waals surface area (Å²) in [4.78, 5) is 0. The molecule has 0 aromatic heterocycles. The number of rotatable bonds is 4. The highest BCUT2D eigenvalue weighted by Crippen LogP contribution is 2.69. The van der Waals surface area contributed by atoms with Crippen molar-refractivity contribution in [1.82, 2.24) is 0 Å². The summed E-state index contributed by atoms with van der Waals surface area (Å²) in [6.45, 7) is 7.76. The molecule has 3 saturated carbocycles. The van der Waals surface area contributed by atoms with Crippen LogP contribution in [0.15, 0.2) is 46.1 Å². The molecule has 3 unspecified atom stereocenters. The maximum Gasteiger partial charge on any atom is 0.105 e. The van der Waals surface area contributed by atoms with Crippen LogP contribution in [0.5, 0.6) is 0 Å². The molecule has 5 aliphatic carbocycles. The maximum absolute atomic E-state index is 14.5. The fourth-order valence-electron chi connectivity index (χ4n) is 7.89. The molecule has 3 fully saturated rings. The van der Waals surface area contributed by atoms with Crippen molar-refractivity contribution in [2.45, 2.75) is 77.7 Å². The van der Waals surface area contributed by atoms with E-state index in [0.29, 0.717) is 42.4 Å². The molecule has 9 atom stereocenters. The Hall–Kier alpha value is -1.19. The van der Waals surface area contributed by atoms with Crippen LogP contribution in [0.2, 0.25) is 0 Å². The first-order valence-corrected chi connectivity index (χ1v) is 12.6. The standard InChI is InChI=1S/C28H37FO2/c1-5-22-26-25(21-14-23(21)28(22,3)10-11-30-4)18-9-7-16(29)12-24(18)31-27(26)17-8-6-15(2)19-13-20(17)19/h5-6,8,16,18-21,23-24,27H,7,9-14H2,1-4H3/b22-5-/t16?,18?,19?,20-,21-,23-,24+,27-,28-/m0/s1. The number of allylic oxidation sites excluding steroid dienone is 4. The number of methoxy groups -OCH3 is 1. The zero-order valence-corrected chi connectivity index (χ0v) is 19.5. The Kier molecular flexibility index (Phi) is 4.71. The molecule has 0 radical (unpaired) electrons. The van der Waals surface area contributed by atoms with Crippen molar-refractivity contribution in [3.05, 3.63) is 46.1 Å². The van der Waals surface area contributed by atoms with Gasteiger partial charge in [-0.2, -0.15) is 0 Å². The molecule has 31 heavy (non-hydrogen) atoms. The van der Waals surface area contributed by atoms with Gasteiger partial charge in [0, 0.05) is 26.1 Å². The zero-order valence-electron chi connectivity index (χ0n) is 19.5. The SMILES string of the molecule is C/C=C1/C2=C(C3CCC(F)C[C@H]3O[C@H]2C2=CC=C(C)C3C[C@@H]23)[C@H]2C[C@@H]2[C@@]1(C)CCOC. The van der Waals surface area contributed by atoms with Crippen molar-refractivity contribution in [1.29, 1.82) is 0 Å². The van der Waals surface area contributed by atoms with E-state index in [0.717, 1.165) is 19.4 Å². The minimum absolute atomic E-state index is 0.0236. The van der Waals surface area contributed by atoms with Crippen LogP contribution in [0, 0.1) is 35.0 Å². The predicted molar refractivity (Wildman–Crippen MR) is 121 cm³/mol. The van der Waals surface area contributed by atoms with Crippen LogP contribution in [-0.4, -0.2) is 32.1 Å². The molecule has 3 heteroatoms. The van der Waals surface area contributed by atoms with E-state index in [1.807, 2.05) is 7.11 Å². The van der Waals surface area contributed by atoms with Crippen LogP contribution in [0.3, 0.4) is 0 Å². The van der Waals surface area contributed by atoms with Crippen LogP contribution in [0.4, 0.5) is 4.39 Å². The van der Waals surface area contributed by atoms with Gasteiger partial charge in [-0.05, 0) is 91.8 Å². The van der Waals surface area contributed by atoms with E-state index >= 15 is 0 Å². The average molecular weight is 425 g/mol. The number of alkyl halides is 1. The Morgan fingerprint density at radius 1 is 1.13 bits per heavy atom. The lowest BCUT2D eigenvalue weighted by Crippen LogP contribution is -2.47. The van der Waals surface area contributed by atoms with Gasteiger partial charge in [0.15, 0.2) is 0 Å². The zero-order chi connectivity index (χ0) is 21.5. The van der Waals surface area contributed by atoms with Gasteiger partial charge in [-0.3, -0.25) is 0 Å². The van der Waals surface area contributed by atoms with E-state index in [9.17, 15) is 4.39 Å². The first-order chi connectivity index (χ1) is 15.0. The smallest absolute Gasteiger partial charge is 0.105 e. The van der Waals surface area contributed by atoms with Gasteiger partial charge in [0.25, 0.3) is 0 Å². The van der Waals surface area contributed by atoms with E-state index in [1.165, 1.54) is 35.1 Å². The monoisotopic (exact) mass is 424 g/mol. The molecule has 0 spiro atoms. The van der Waals surface area contributed by atoms with E-state index in [-0.39, 0.29) is 17.6 Å². The van der Waals surface area contributed by atoms with Gasteiger partial charge < -0.3 is 9.47 Å². The highest BCUT2D eigenvalue weighted by Gasteiger charge is 2.62. The second-order valence-electron chi connectivity index (χ2n) is 11.3. The van der Waals surface area contributed by atoms with Crippen molar-refractivity contribution in [3.63, 3.8) is 0 Å². The third-order valence-electron chi connectivity index (χ3n) is 9.68. The third kappa shape index (κ3) is 2.95. The molecule has 6 rings (SSSR count). The predicted octanol–water partition coefficient (Wildman–Crippen LogP) is 6.35. The molecule has 1 heterocycles. The number of fused-ring (bicyclic) bond motifs is 5. The first kappa shape index (κ1) is 20.4. The second-order valence-corrected chi connectivity index (χ2v) is 11.3. The van der Waals surface area contributed by atoms with Gasteiger partial charge in [0.05, 0.1) is 6.10 Å². The van der Waals surface area contributed by atoms with Gasteiger partial charge in [-0.15, -0.1) is 0 Å². The van der Waals surface area contributed by atoms with E-state index in [1.54, 1.807) is 5.57 Å². The Balaban J connectivity index is 1.48. The lowest BCUT2D eigenvalue weighted by Gasteiger charge is -2.50. The van der Waals surface area contributed by atoms with Gasteiger partial charge >= 0.3 is 0 Å². The number of halogens is 1. The summed E-state index contributed by atoms with van der Waals surface area (Å²) in [5, 5.41) is 0. The highest BCUT2D eigenvalue weighted by atomic mass is 19.1. The summed E-state index contributed by atoms with van der Waals surface area (Å²) in [5.74, 6) is 3.15. The molecule has 0 amide bonds. The minimum atomic E-state index is -0.702. The molecule has 168 valence electrons. The van der Waals surface area contributed by atoms with E-state index in [2.05, 4.69) is 39.0 Å². The number of hydrogen-bond acceptors (Lipinski definition) is 2. The molecular formula is C28H37FO2. The Morgan fingerprint density at radius 3 is 2.74 bits per heavy atom. The van der Waals surface area contributed by atoms with E-state index in [4.69, 9.17) is 9.47 Å². The summed E-state index contributed by atoms with van der Waals surface area (Å²) >= 11 is 0. The van der Waals surface area contributed by atoms with Crippen molar-refractivity contribution in [3.8, 4) is 0 Å². The minimum Gasteiger partial charge on any atom is -0.385 e. The summed E-state index contributed by atoms with van der Waals surface area (Å²) < 4.78 is 26.9. The number of hydrogen-bond donors (Lipinski definition) is 0. The van der Waals surface area contributed by atoms with Crippen LogP contribution in [0.1, 0.15) is 59.3 Å². The quantitative estimate of drug-likeness (QED) is 0.523. The molecule has 0 bridgehead atoms. The summed E-state index contributed by atoms with van der Waals surface area (Å²) in [7, 11) is 1.82. The second kappa shape index (κ2) is 7.15. The topological polar surface area (TPSA) is 18.5 Å². The first-order valence-electron chi connectivity index (χ1n) is 12.6. The highest BCUT2D eigenvalue weighted by molar-refractivity contribution is 5.57. The van der Waals surface area contributed by atoms with Gasteiger partial charge in [0.2, 0.25) is 0 Å². The van der Waals surface area contributed by atoms with Gasteiger partial charge in [0.1, 0.15) is 12.3 Å². The largest absolute Gasteiger partial charge is 0.385 e. The molecule has 0 saturated heterocycles. The van der Waals surface area contributed by atoms with Gasteiger partial charge in [-0.25, -0.2) is 4.39 Å². The van der Waals surface area contributed by atoms with Crippen LogP contribution in [0.25, 0.3) is 0 Å². The molecule has 0 N–H and O–H groups in total. The summed E-state index contributed by atoms with van der Waals surface area (Å²) in [5.41, 5.74) is 7.82. The lowest BCUT2D eigenvalue weighted by atomic mass is 9.60. The molecular weight excluding hydrogens is 387 g/mol. The summed E-state index contributed by atoms with van der Waals surface area (Å²) in [6, 6.07) is 0. The third-order valence-corrected chi connectivity index (χ3v) is 9.68. The Morgan fingerprint density at radius 2 is 1.97 bits per heavy atom. The number of ether oxygens (including phenoxy) is 2. The molecule has 0 aromatic rings. The summed E-state index contributed by atoms with van der Waals surface area (Å²) in [6.07, 6.45) is 12.3. The van der Waals surface area contributed by atoms with Gasteiger partial charge in [-0.1, -0.05) is 36.3 Å². The lowest BCUT2D eigenvalue weighted by molar-refractivity contribution is -0.0586.